The Labute approximate surface area is 195 Å². The Kier molecular flexibility index (Phi) is 6.03. The van der Waals surface area contributed by atoms with Gasteiger partial charge in [0.05, 0.1) is 20.9 Å². The molecule has 168 valence electrons. The number of aromatic amines is 1. The van der Waals surface area contributed by atoms with E-state index in [0.717, 1.165) is 21.6 Å². The summed E-state index contributed by atoms with van der Waals surface area (Å²) < 4.78 is 1.37. The lowest BCUT2D eigenvalue weighted by atomic mass is 10.1. The molecular formula is C22H17ClN4O5S. The summed E-state index contributed by atoms with van der Waals surface area (Å²) in [5.74, 6) is -1.85. The molecule has 2 heterocycles. The Balaban J connectivity index is 1.64. The maximum Gasteiger partial charge on any atom is 0.333 e. The lowest BCUT2D eigenvalue weighted by Crippen LogP contribution is -2.34. The molecule has 1 amide bonds. The molecular weight excluding hydrogens is 468 g/mol. The van der Waals surface area contributed by atoms with Crippen molar-refractivity contribution in [3.8, 4) is 5.69 Å². The molecule has 2 aromatic heterocycles. The van der Waals surface area contributed by atoms with Crippen molar-refractivity contribution in [2.24, 2.45) is 0 Å². The minimum atomic E-state index is -1.26. The van der Waals surface area contributed by atoms with E-state index in [2.05, 4.69) is 15.6 Å². The van der Waals surface area contributed by atoms with Crippen LogP contribution >= 0.6 is 22.9 Å². The smallest absolute Gasteiger partial charge is 0.333 e. The van der Waals surface area contributed by atoms with Crippen molar-refractivity contribution in [3.05, 3.63) is 90.2 Å². The normalized spacial score (nSPS) is 11.8. The predicted molar refractivity (Wildman–Crippen MR) is 127 cm³/mol. The molecule has 0 aliphatic heterocycles. The summed E-state index contributed by atoms with van der Waals surface area (Å²) >= 11 is 6.93. The molecule has 0 bridgehead atoms. The summed E-state index contributed by atoms with van der Waals surface area (Å²) in [6, 6.07) is 12.5. The molecule has 1 atom stereocenters. The van der Waals surface area contributed by atoms with E-state index < -0.39 is 29.2 Å². The van der Waals surface area contributed by atoms with Gasteiger partial charge < -0.3 is 20.7 Å². The number of hydrogen-bond acceptors (Lipinski definition) is 6. The number of carbonyl (C=O) groups excluding carboxylic acids is 1. The number of benzene rings is 2. The molecule has 2 aromatic carbocycles. The van der Waals surface area contributed by atoms with E-state index in [1.165, 1.54) is 30.3 Å². The second kappa shape index (κ2) is 8.93. The summed E-state index contributed by atoms with van der Waals surface area (Å²) in [7, 11) is 1.73. The summed E-state index contributed by atoms with van der Waals surface area (Å²) in [5.41, 5.74) is 0.439. The average molecular weight is 485 g/mol. The summed E-state index contributed by atoms with van der Waals surface area (Å²) in [4.78, 5) is 52.8. The van der Waals surface area contributed by atoms with Crippen LogP contribution in [0.1, 0.15) is 21.3 Å². The van der Waals surface area contributed by atoms with Crippen molar-refractivity contribution < 1.29 is 14.7 Å². The van der Waals surface area contributed by atoms with Gasteiger partial charge in [0.2, 0.25) is 0 Å². The van der Waals surface area contributed by atoms with E-state index in [0.29, 0.717) is 20.1 Å². The van der Waals surface area contributed by atoms with Crippen LogP contribution < -0.4 is 21.9 Å². The van der Waals surface area contributed by atoms with Crippen LogP contribution in [0.3, 0.4) is 0 Å². The third-order valence-corrected chi connectivity index (χ3v) is 6.27. The highest BCUT2D eigenvalue weighted by atomic mass is 35.5. The number of aliphatic carboxylic acids is 1. The first-order chi connectivity index (χ1) is 15.8. The Morgan fingerprint density at radius 2 is 1.82 bits per heavy atom. The average Bonchev–Trinajstić information content (AvgIpc) is 3.22. The van der Waals surface area contributed by atoms with Gasteiger partial charge in [-0.3, -0.25) is 9.59 Å². The van der Waals surface area contributed by atoms with Crippen LogP contribution in [-0.4, -0.2) is 33.6 Å². The van der Waals surface area contributed by atoms with Crippen LogP contribution in [0.15, 0.2) is 64.2 Å². The van der Waals surface area contributed by atoms with Gasteiger partial charge in [-0.2, -0.15) is 0 Å². The highest BCUT2D eigenvalue weighted by Gasteiger charge is 2.24. The first kappa shape index (κ1) is 22.3. The first-order valence-electron chi connectivity index (χ1n) is 9.64. The number of halogens is 1. The molecule has 0 radical (unpaired) electrons. The number of carbonyl (C=O) groups is 2. The third-order valence-electron chi connectivity index (χ3n) is 4.98. The number of amides is 1. The maximum absolute atomic E-state index is 12.9. The van der Waals surface area contributed by atoms with Gasteiger partial charge in [0, 0.05) is 23.2 Å². The number of rotatable bonds is 6. The van der Waals surface area contributed by atoms with Crippen molar-refractivity contribution in [2.75, 3.05) is 12.4 Å². The molecule has 11 heteroatoms. The van der Waals surface area contributed by atoms with Gasteiger partial charge in [0.1, 0.15) is 0 Å². The topological polar surface area (TPSA) is 133 Å². The van der Waals surface area contributed by atoms with Gasteiger partial charge in [-0.05, 0) is 54.6 Å². The first-order valence-corrected chi connectivity index (χ1v) is 10.8. The fourth-order valence-electron chi connectivity index (χ4n) is 3.32. The van der Waals surface area contributed by atoms with Gasteiger partial charge in [-0.25, -0.2) is 14.2 Å². The van der Waals surface area contributed by atoms with Gasteiger partial charge in [-0.15, -0.1) is 11.3 Å². The second-order valence-corrected chi connectivity index (χ2v) is 8.76. The Hall–Kier alpha value is -3.89. The van der Waals surface area contributed by atoms with Crippen LogP contribution in [0, 0.1) is 0 Å². The van der Waals surface area contributed by atoms with Crippen molar-refractivity contribution >= 4 is 51.4 Å². The highest BCUT2D eigenvalue weighted by Crippen LogP contribution is 2.27. The number of anilines is 1. The van der Waals surface area contributed by atoms with Crippen molar-refractivity contribution in [1.29, 1.82) is 0 Å². The van der Waals surface area contributed by atoms with E-state index in [1.807, 2.05) is 0 Å². The molecule has 0 aliphatic carbocycles. The highest BCUT2D eigenvalue weighted by molar-refractivity contribution is 7.16. The number of fused-ring (bicyclic) bond motifs is 1. The number of aromatic nitrogens is 2. The van der Waals surface area contributed by atoms with Crippen molar-refractivity contribution in [2.45, 2.75) is 6.04 Å². The van der Waals surface area contributed by atoms with Crippen molar-refractivity contribution in [3.63, 3.8) is 0 Å². The van der Waals surface area contributed by atoms with Crippen LogP contribution in [0.5, 0.6) is 0 Å². The van der Waals surface area contributed by atoms with E-state index in [9.17, 15) is 24.3 Å². The zero-order chi connectivity index (χ0) is 23.7. The molecule has 0 spiro atoms. The summed E-state index contributed by atoms with van der Waals surface area (Å²) in [5, 5.41) is 15.2. The minimum absolute atomic E-state index is 0.164. The van der Waals surface area contributed by atoms with Crippen LogP contribution in [0.2, 0.25) is 4.34 Å². The predicted octanol–water partition coefficient (Wildman–Crippen LogP) is 2.99. The summed E-state index contributed by atoms with van der Waals surface area (Å²) in [6.45, 7) is 0. The Bertz CT molecular complexity index is 1490. The Morgan fingerprint density at radius 1 is 1.09 bits per heavy atom. The maximum atomic E-state index is 12.9. The molecule has 33 heavy (non-hydrogen) atoms. The number of hydrogen-bond donors (Lipinski definition) is 4. The lowest BCUT2D eigenvalue weighted by Gasteiger charge is -2.13. The molecule has 4 rings (SSSR count). The SMILES string of the molecule is CNc1ccc2c(=O)n(-c3ccc(C(=O)NC(C(=O)O)c4ccc(Cl)s4)cc3)c(=O)[nH]c2c1. The van der Waals surface area contributed by atoms with Gasteiger partial charge in [0.15, 0.2) is 6.04 Å². The fourth-order valence-corrected chi connectivity index (χ4v) is 4.43. The second-order valence-electron chi connectivity index (χ2n) is 7.01. The zero-order valence-corrected chi connectivity index (χ0v) is 18.7. The number of nitrogens with zero attached hydrogens (tertiary/aromatic N) is 1. The van der Waals surface area contributed by atoms with E-state index >= 15 is 0 Å². The largest absolute Gasteiger partial charge is 0.479 e. The van der Waals surface area contributed by atoms with Gasteiger partial charge in [0.25, 0.3) is 11.5 Å². The molecule has 0 fully saturated rings. The monoisotopic (exact) mass is 484 g/mol. The molecule has 4 aromatic rings. The third kappa shape index (κ3) is 4.38. The number of H-pyrrole nitrogens is 1. The zero-order valence-electron chi connectivity index (χ0n) is 17.1. The van der Waals surface area contributed by atoms with Crippen LogP contribution in [0.25, 0.3) is 16.6 Å². The number of thiophene rings is 1. The molecule has 9 nitrogen and oxygen atoms in total. The van der Waals surface area contributed by atoms with E-state index in [-0.39, 0.29) is 11.3 Å². The van der Waals surface area contributed by atoms with E-state index in [4.69, 9.17) is 11.6 Å². The van der Waals surface area contributed by atoms with Gasteiger partial charge in [-0.1, -0.05) is 11.6 Å². The number of carboxylic acid groups (broad SMARTS) is 1. The fraction of sp³-hybridized carbons (Fsp3) is 0.0909. The summed E-state index contributed by atoms with van der Waals surface area (Å²) in [6.07, 6.45) is 0. The van der Waals surface area contributed by atoms with Crippen LogP contribution in [-0.2, 0) is 4.79 Å². The quantitative estimate of drug-likeness (QED) is 0.332. The minimum Gasteiger partial charge on any atom is -0.479 e. The standard InChI is InChI=1S/C22H17ClN4O5S/c1-24-12-4-7-14-15(10-12)25-22(32)27(20(14)29)13-5-2-11(3-6-13)19(28)26-18(21(30)31)16-8-9-17(23)33-16/h2-10,18,24H,1H3,(H,25,32)(H,26,28)(H,30,31). The van der Waals surface area contributed by atoms with Crippen molar-refractivity contribution in [1.82, 2.24) is 14.9 Å². The molecule has 0 saturated heterocycles. The van der Waals surface area contributed by atoms with E-state index in [1.54, 1.807) is 31.3 Å². The molecule has 4 N–H and O–H groups in total. The van der Waals surface area contributed by atoms with Crippen LogP contribution in [0.4, 0.5) is 5.69 Å². The number of nitrogens with one attached hydrogen (secondary N) is 3. The molecule has 1 unspecified atom stereocenters. The van der Waals surface area contributed by atoms with Gasteiger partial charge >= 0.3 is 11.7 Å². The lowest BCUT2D eigenvalue weighted by molar-refractivity contribution is -0.139. The molecule has 0 aliphatic rings. The number of carboxylic acids is 1. The Morgan fingerprint density at radius 3 is 2.42 bits per heavy atom. The molecule has 0 saturated carbocycles.